The molecule has 8 nitrogen and oxygen atoms in total. The number of morpholine rings is 1. The molecule has 2 atom stereocenters. The van der Waals surface area contributed by atoms with E-state index in [4.69, 9.17) is 9.47 Å². The number of hydrogen-bond acceptors (Lipinski definition) is 6. The molecule has 0 saturated carbocycles. The molecule has 0 unspecified atom stereocenters. The summed E-state index contributed by atoms with van der Waals surface area (Å²) < 4.78 is 11.4. The zero-order valence-corrected chi connectivity index (χ0v) is 19.6. The third-order valence-corrected chi connectivity index (χ3v) is 7.09. The van der Waals surface area contributed by atoms with Crippen LogP contribution in [0.4, 0.5) is 0 Å². The molecule has 2 saturated heterocycles. The highest BCUT2D eigenvalue weighted by Crippen LogP contribution is 2.30. The van der Waals surface area contributed by atoms with E-state index < -0.39 is 0 Å². The first-order chi connectivity index (χ1) is 16.2. The Balaban J connectivity index is 1.30. The van der Waals surface area contributed by atoms with E-state index >= 15 is 0 Å². The van der Waals surface area contributed by atoms with Crippen molar-refractivity contribution in [3.05, 3.63) is 29.8 Å². The zero-order chi connectivity index (χ0) is 22.9. The molecule has 2 amide bonds. The van der Waals surface area contributed by atoms with E-state index in [0.29, 0.717) is 44.5 Å². The normalized spacial score (nSPS) is 25.1. The molecule has 0 aromatic heterocycles. The molecule has 3 heterocycles. The summed E-state index contributed by atoms with van der Waals surface area (Å²) in [7, 11) is 0. The molecule has 3 aliphatic rings. The predicted molar refractivity (Wildman–Crippen MR) is 126 cm³/mol. The molecule has 0 spiro atoms. The summed E-state index contributed by atoms with van der Waals surface area (Å²) in [5.41, 5.74) is 1.08. The average molecular weight is 459 g/mol. The standard InChI is InChI=1S/C25H38N4O4/c30-24(27-8-10-28-11-14-32-15-12-28)16-20-7-9-29-19-22(20)5-3-13-33-23-6-2-1-4-21(23)17-26-18-25(29)31/h1-2,4,6,20,22,26H,3,5,7-19H2,(H,27,30)/t20-,22-/m0/s1. The fourth-order valence-electron chi connectivity index (χ4n) is 5.13. The minimum Gasteiger partial charge on any atom is -0.493 e. The molecule has 3 aliphatic heterocycles. The van der Waals surface area contributed by atoms with Gasteiger partial charge in [0, 0.05) is 57.8 Å². The highest BCUT2D eigenvalue weighted by Gasteiger charge is 2.32. The molecule has 1 aromatic rings. The van der Waals surface area contributed by atoms with Crippen molar-refractivity contribution in [2.24, 2.45) is 11.8 Å². The van der Waals surface area contributed by atoms with Gasteiger partial charge in [0.1, 0.15) is 5.75 Å². The number of nitrogens with one attached hydrogen (secondary N) is 2. The lowest BCUT2D eigenvalue weighted by molar-refractivity contribution is -0.133. The summed E-state index contributed by atoms with van der Waals surface area (Å²) >= 11 is 0. The van der Waals surface area contributed by atoms with Crippen molar-refractivity contribution in [2.75, 3.05) is 65.6 Å². The fraction of sp³-hybridized carbons (Fsp3) is 0.680. The van der Waals surface area contributed by atoms with Crippen LogP contribution < -0.4 is 15.4 Å². The van der Waals surface area contributed by atoms with Gasteiger partial charge in [0.25, 0.3) is 0 Å². The highest BCUT2D eigenvalue weighted by molar-refractivity contribution is 5.78. The molecule has 0 aliphatic carbocycles. The van der Waals surface area contributed by atoms with Crippen molar-refractivity contribution < 1.29 is 19.1 Å². The Morgan fingerprint density at radius 2 is 1.94 bits per heavy atom. The fourth-order valence-corrected chi connectivity index (χ4v) is 5.13. The van der Waals surface area contributed by atoms with E-state index in [0.717, 1.165) is 76.5 Å². The van der Waals surface area contributed by atoms with Crippen LogP contribution in [0.1, 0.15) is 31.2 Å². The van der Waals surface area contributed by atoms with Gasteiger partial charge in [-0.2, -0.15) is 0 Å². The maximum atomic E-state index is 12.8. The van der Waals surface area contributed by atoms with Crippen LogP contribution in [0.15, 0.2) is 24.3 Å². The van der Waals surface area contributed by atoms with Crippen molar-refractivity contribution in [3.63, 3.8) is 0 Å². The number of benzene rings is 1. The third kappa shape index (κ3) is 7.16. The van der Waals surface area contributed by atoms with Gasteiger partial charge in [0.15, 0.2) is 0 Å². The van der Waals surface area contributed by atoms with Gasteiger partial charge in [-0.3, -0.25) is 14.5 Å². The number of ether oxygens (including phenoxy) is 2. The van der Waals surface area contributed by atoms with E-state index in [1.165, 1.54) is 0 Å². The van der Waals surface area contributed by atoms with Crippen LogP contribution in [0.25, 0.3) is 0 Å². The summed E-state index contributed by atoms with van der Waals surface area (Å²) in [6.45, 7) is 8.04. The molecule has 2 bridgehead atoms. The minimum atomic E-state index is 0.128. The monoisotopic (exact) mass is 458 g/mol. The summed E-state index contributed by atoms with van der Waals surface area (Å²) in [5.74, 6) is 1.79. The number of hydrogen-bond donors (Lipinski definition) is 2. The molecule has 0 radical (unpaired) electrons. The molecular weight excluding hydrogens is 420 g/mol. The van der Waals surface area contributed by atoms with E-state index in [1.54, 1.807) is 0 Å². The van der Waals surface area contributed by atoms with Crippen molar-refractivity contribution in [1.82, 2.24) is 20.4 Å². The number of amides is 2. The van der Waals surface area contributed by atoms with Crippen LogP contribution in [0, 0.1) is 11.8 Å². The van der Waals surface area contributed by atoms with E-state index in [-0.39, 0.29) is 11.8 Å². The van der Waals surface area contributed by atoms with Crippen molar-refractivity contribution in [3.8, 4) is 5.75 Å². The van der Waals surface area contributed by atoms with E-state index in [2.05, 4.69) is 15.5 Å². The van der Waals surface area contributed by atoms with Gasteiger partial charge in [0.05, 0.1) is 26.4 Å². The summed E-state index contributed by atoms with van der Waals surface area (Å²) in [6, 6.07) is 8.01. The zero-order valence-electron chi connectivity index (χ0n) is 19.6. The quantitative estimate of drug-likeness (QED) is 0.691. The summed E-state index contributed by atoms with van der Waals surface area (Å²) in [5, 5.41) is 6.39. The van der Waals surface area contributed by atoms with Crippen LogP contribution in [0.5, 0.6) is 5.75 Å². The van der Waals surface area contributed by atoms with Gasteiger partial charge >= 0.3 is 0 Å². The molecular formula is C25H38N4O4. The van der Waals surface area contributed by atoms with E-state index in [9.17, 15) is 9.59 Å². The highest BCUT2D eigenvalue weighted by atomic mass is 16.5. The summed E-state index contributed by atoms with van der Waals surface area (Å²) in [6.07, 6.45) is 3.31. The van der Waals surface area contributed by atoms with Gasteiger partial charge in [0.2, 0.25) is 11.8 Å². The number of rotatable bonds is 5. The summed E-state index contributed by atoms with van der Waals surface area (Å²) in [4.78, 5) is 29.8. The largest absolute Gasteiger partial charge is 0.493 e. The Kier molecular flexibility index (Phi) is 8.97. The second-order valence-electron chi connectivity index (χ2n) is 9.36. The van der Waals surface area contributed by atoms with E-state index in [1.807, 2.05) is 29.2 Å². The van der Waals surface area contributed by atoms with Gasteiger partial charge in [-0.15, -0.1) is 0 Å². The maximum absolute atomic E-state index is 12.8. The second-order valence-corrected chi connectivity index (χ2v) is 9.36. The molecule has 33 heavy (non-hydrogen) atoms. The molecule has 1 aromatic carbocycles. The number of piperidine rings is 1. The molecule has 2 fully saturated rings. The molecule has 4 rings (SSSR count). The predicted octanol–water partition coefficient (Wildman–Crippen LogP) is 1.25. The molecule has 8 heteroatoms. The van der Waals surface area contributed by atoms with Crippen LogP contribution in [0.3, 0.4) is 0 Å². The second kappa shape index (κ2) is 12.3. The van der Waals surface area contributed by atoms with Gasteiger partial charge in [-0.1, -0.05) is 18.2 Å². The lowest BCUT2D eigenvalue weighted by Gasteiger charge is -2.38. The Bertz CT molecular complexity index is 783. The van der Waals surface area contributed by atoms with Crippen LogP contribution in [-0.4, -0.2) is 87.2 Å². The smallest absolute Gasteiger partial charge is 0.236 e. The molecule has 2 N–H and O–H groups in total. The maximum Gasteiger partial charge on any atom is 0.236 e. The minimum absolute atomic E-state index is 0.128. The Hall–Kier alpha value is -2.16. The Morgan fingerprint density at radius 3 is 2.82 bits per heavy atom. The number of carbonyl (C=O) groups is 2. The van der Waals surface area contributed by atoms with Crippen molar-refractivity contribution in [2.45, 2.75) is 32.2 Å². The van der Waals surface area contributed by atoms with Crippen LogP contribution in [-0.2, 0) is 20.9 Å². The van der Waals surface area contributed by atoms with Crippen LogP contribution in [0.2, 0.25) is 0 Å². The lowest BCUT2D eigenvalue weighted by Crippen LogP contribution is -2.47. The van der Waals surface area contributed by atoms with Gasteiger partial charge in [-0.25, -0.2) is 0 Å². The lowest BCUT2D eigenvalue weighted by atomic mass is 9.80. The van der Waals surface area contributed by atoms with Gasteiger partial charge in [-0.05, 0) is 37.2 Å². The number of fused-ring (bicyclic) bond motifs is 3. The van der Waals surface area contributed by atoms with Crippen LogP contribution >= 0.6 is 0 Å². The SMILES string of the molecule is O=C(C[C@@H]1CCN2C[C@@H]1CCCOc1ccccc1CNCC2=O)NCCN1CCOCC1. The Labute approximate surface area is 197 Å². The third-order valence-electron chi connectivity index (χ3n) is 7.09. The topological polar surface area (TPSA) is 83.1 Å². The average Bonchev–Trinajstić information content (AvgIpc) is 2.84. The van der Waals surface area contributed by atoms with Gasteiger partial charge < -0.3 is 25.0 Å². The van der Waals surface area contributed by atoms with Crippen molar-refractivity contribution >= 4 is 11.8 Å². The first kappa shape index (κ1) is 24.0. The molecule has 182 valence electrons. The number of para-hydroxylation sites is 1. The Morgan fingerprint density at radius 1 is 1.09 bits per heavy atom. The van der Waals surface area contributed by atoms with Crippen molar-refractivity contribution in [1.29, 1.82) is 0 Å². The number of nitrogens with zero attached hydrogens (tertiary/aromatic N) is 2. The number of carbonyl (C=O) groups excluding carboxylic acids is 2. The first-order valence-electron chi connectivity index (χ1n) is 12.4. The first-order valence-corrected chi connectivity index (χ1v) is 12.4.